The predicted octanol–water partition coefficient (Wildman–Crippen LogP) is 6.99. The van der Waals surface area contributed by atoms with E-state index in [-0.39, 0.29) is 60.4 Å². The van der Waals surface area contributed by atoms with Crippen LogP contribution in [0.3, 0.4) is 0 Å². The van der Waals surface area contributed by atoms with Crippen LogP contribution in [0.5, 0.6) is 5.75 Å². The van der Waals surface area contributed by atoms with Crippen molar-refractivity contribution in [2.45, 2.75) is 112 Å². The van der Waals surface area contributed by atoms with Gasteiger partial charge in [0.25, 0.3) is 5.91 Å². The van der Waals surface area contributed by atoms with Gasteiger partial charge in [-0.25, -0.2) is 4.98 Å². The van der Waals surface area contributed by atoms with Crippen LogP contribution in [0.15, 0.2) is 66.2 Å². The van der Waals surface area contributed by atoms with E-state index < -0.39 is 35.4 Å². The van der Waals surface area contributed by atoms with Crippen molar-refractivity contribution in [2.75, 3.05) is 57.4 Å². The first-order chi connectivity index (χ1) is 33.6. The number of carbonyl (C=O) groups excluding carboxylic acids is 4. The third-order valence-electron chi connectivity index (χ3n) is 14.9. The number of rotatable bonds is 15. The topological polar surface area (TPSA) is 181 Å². The molecule has 15 nitrogen and oxygen atoms in total. The van der Waals surface area contributed by atoms with Crippen LogP contribution >= 0.6 is 22.9 Å². The zero-order valence-electron chi connectivity index (χ0n) is 42.3. The molecule has 4 aromatic rings. The van der Waals surface area contributed by atoms with E-state index >= 15 is 0 Å². The van der Waals surface area contributed by atoms with Crippen LogP contribution in [-0.2, 0) is 25.7 Å². The number of β-amino-alcohol motifs (C(OH)–C–C–N with tert-alkyl or cyclic N) is 1. The quantitative estimate of drug-likeness (QED) is 0.105. The summed E-state index contributed by atoms with van der Waals surface area (Å²) in [6, 6.07) is 19.0. The second kappa shape index (κ2) is 20.5. The molecule has 71 heavy (non-hydrogen) atoms. The van der Waals surface area contributed by atoms with Gasteiger partial charge < -0.3 is 39.9 Å². The minimum atomic E-state index is -0.960. The Labute approximate surface area is 426 Å². The molecule has 1 aliphatic carbocycles. The number of halogens is 1. The molecule has 0 unspecified atom stereocenters. The van der Waals surface area contributed by atoms with Crippen molar-refractivity contribution in [1.29, 1.82) is 5.26 Å². The van der Waals surface area contributed by atoms with Crippen molar-refractivity contribution in [3.8, 4) is 22.3 Å². The number of ether oxygens (including phenoxy) is 2. The molecule has 4 heterocycles. The standard InChI is InChI=1S/C54H67ClN8O7S/c1-32(34-10-12-35(13-11-34)45-33(2)57-31-71-45)58-47(66)43-25-39(64)29-62(43)49(68)46(52(3,4)5)59-44(65)30-69-23-22-60-18-20-61(21-19-60)38-15-17-41-37(24-38)28-63(48(41)67)50-53(6,7)51(54(50,8)9)70-40-16-14-36(27-56)42(55)26-40/h10-17,24,26,31-32,39,43,46,50-51,64H,18-23,25,28-30H2,1-9H3,(H,58,66)(H,59,65)/t32-,39+,43-,46+,50?,51?/m0/s1. The summed E-state index contributed by atoms with van der Waals surface area (Å²) >= 11 is 7.89. The van der Waals surface area contributed by atoms with Crippen LogP contribution < -0.4 is 20.3 Å². The first-order valence-corrected chi connectivity index (χ1v) is 25.8. The summed E-state index contributed by atoms with van der Waals surface area (Å²) in [5.41, 5.74) is 6.54. The van der Waals surface area contributed by atoms with Crippen LogP contribution in [0.25, 0.3) is 10.4 Å². The smallest absolute Gasteiger partial charge is 0.254 e. The van der Waals surface area contributed by atoms with E-state index in [2.05, 4.69) is 65.2 Å². The van der Waals surface area contributed by atoms with Crippen LogP contribution in [0.4, 0.5) is 5.69 Å². The van der Waals surface area contributed by atoms with E-state index in [9.17, 15) is 29.5 Å². The molecule has 8 rings (SSSR count). The molecule has 1 aromatic heterocycles. The van der Waals surface area contributed by atoms with Gasteiger partial charge in [0.15, 0.2) is 0 Å². The second-order valence-electron chi connectivity index (χ2n) is 21.8. The second-order valence-corrected chi connectivity index (χ2v) is 23.1. The number of nitrogens with one attached hydrogen (secondary N) is 2. The number of carbonyl (C=O) groups is 4. The summed E-state index contributed by atoms with van der Waals surface area (Å²) in [5.74, 6) is -0.599. The van der Waals surface area contributed by atoms with E-state index in [1.807, 2.05) is 81.4 Å². The Morgan fingerprint density at radius 2 is 1.70 bits per heavy atom. The van der Waals surface area contributed by atoms with Gasteiger partial charge in [0.2, 0.25) is 17.7 Å². The number of hydrogen-bond donors (Lipinski definition) is 3. The summed E-state index contributed by atoms with van der Waals surface area (Å²) in [5, 5.41) is 26.3. The lowest BCUT2D eigenvalue weighted by Crippen LogP contribution is -2.74. The minimum absolute atomic E-state index is 0.0142. The number of fused-ring (bicyclic) bond motifs is 1. The number of nitriles is 1. The maximum Gasteiger partial charge on any atom is 0.254 e. The highest BCUT2D eigenvalue weighted by atomic mass is 35.5. The molecule has 4 atom stereocenters. The van der Waals surface area contributed by atoms with E-state index in [0.29, 0.717) is 36.0 Å². The average Bonchev–Trinajstić information content (AvgIpc) is 4.03. The number of benzene rings is 3. The van der Waals surface area contributed by atoms with Gasteiger partial charge in [-0.2, -0.15) is 5.26 Å². The highest BCUT2D eigenvalue weighted by Gasteiger charge is 2.67. The number of amides is 4. The molecule has 3 aliphatic heterocycles. The Balaban J connectivity index is 0.785. The summed E-state index contributed by atoms with van der Waals surface area (Å²) in [6.45, 7) is 22.4. The molecule has 4 aliphatic rings. The molecule has 4 amide bonds. The van der Waals surface area contributed by atoms with Gasteiger partial charge >= 0.3 is 0 Å². The lowest BCUT2D eigenvalue weighted by atomic mass is 9.49. The minimum Gasteiger partial charge on any atom is -0.489 e. The van der Waals surface area contributed by atoms with Gasteiger partial charge in [0, 0.05) is 86.4 Å². The molecule has 1 saturated carbocycles. The Hall–Kier alpha value is -5.57. The van der Waals surface area contributed by atoms with Gasteiger partial charge in [-0.15, -0.1) is 11.3 Å². The number of aliphatic hydroxyl groups is 1. The van der Waals surface area contributed by atoms with Crippen molar-refractivity contribution in [3.63, 3.8) is 0 Å². The molecular weight excluding hydrogens is 940 g/mol. The number of aliphatic hydroxyl groups excluding tert-OH is 1. The predicted molar refractivity (Wildman–Crippen MR) is 274 cm³/mol. The van der Waals surface area contributed by atoms with Gasteiger partial charge in [0.05, 0.1) is 45.4 Å². The number of piperazine rings is 1. The normalized spacial score (nSPS) is 22.6. The van der Waals surface area contributed by atoms with Gasteiger partial charge in [-0.3, -0.25) is 24.1 Å². The van der Waals surface area contributed by atoms with Crippen molar-refractivity contribution < 1.29 is 33.8 Å². The fourth-order valence-electron chi connectivity index (χ4n) is 11.6. The molecule has 378 valence electrons. The lowest BCUT2D eigenvalue weighted by Gasteiger charge is -2.65. The van der Waals surface area contributed by atoms with Gasteiger partial charge in [-0.05, 0) is 66.3 Å². The first kappa shape index (κ1) is 51.8. The average molecular weight is 1010 g/mol. The zero-order chi connectivity index (χ0) is 51.2. The number of nitrogens with zero attached hydrogens (tertiary/aromatic N) is 6. The Bertz CT molecular complexity index is 2670. The van der Waals surface area contributed by atoms with Crippen LogP contribution in [0.2, 0.25) is 5.02 Å². The summed E-state index contributed by atoms with van der Waals surface area (Å²) in [6.07, 6.45) is -0.973. The van der Waals surface area contributed by atoms with E-state index in [1.54, 1.807) is 29.5 Å². The molecule has 0 spiro atoms. The molecule has 3 aromatic carbocycles. The molecule has 2 saturated heterocycles. The summed E-state index contributed by atoms with van der Waals surface area (Å²) in [4.78, 5) is 68.6. The number of likely N-dealkylation sites (tertiary alicyclic amines) is 1. The zero-order valence-corrected chi connectivity index (χ0v) is 43.8. The highest BCUT2D eigenvalue weighted by Crippen LogP contribution is 2.59. The Kier molecular flexibility index (Phi) is 15.0. The Morgan fingerprint density at radius 1 is 1.00 bits per heavy atom. The fraction of sp³-hybridized carbons (Fsp3) is 0.519. The van der Waals surface area contributed by atoms with Crippen LogP contribution in [0, 0.1) is 34.5 Å². The number of aryl methyl sites for hydroxylation is 1. The highest BCUT2D eigenvalue weighted by molar-refractivity contribution is 7.13. The van der Waals surface area contributed by atoms with Crippen LogP contribution in [0.1, 0.15) is 101 Å². The van der Waals surface area contributed by atoms with Crippen LogP contribution in [-0.4, -0.2) is 131 Å². The third kappa shape index (κ3) is 10.7. The van der Waals surface area contributed by atoms with E-state index in [4.69, 9.17) is 21.1 Å². The first-order valence-electron chi connectivity index (χ1n) is 24.5. The molecule has 3 N–H and O–H groups in total. The van der Waals surface area contributed by atoms with E-state index in [1.165, 1.54) is 4.90 Å². The molecule has 17 heteroatoms. The van der Waals surface area contributed by atoms with Crippen molar-refractivity contribution in [2.24, 2.45) is 16.2 Å². The number of aromatic nitrogens is 1. The SMILES string of the molecule is Cc1ncsc1-c1ccc([C@H](C)NC(=O)[C@@H]2C[C@@H](O)CN2C(=O)[C@@H](NC(=O)COCCN2CCN(c3ccc4c(c3)CN(C3C(C)(C)C(Oc5ccc(C#N)c(Cl)c5)C3(C)C)C4=O)CC2)C(C)(C)C)cc1. The largest absolute Gasteiger partial charge is 0.489 e. The summed E-state index contributed by atoms with van der Waals surface area (Å²) < 4.78 is 12.3. The lowest BCUT2D eigenvalue weighted by molar-refractivity contribution is -0.199. The monoisotopic (exact) mass is 1010 g/mol. The van der Waals surface area contributed by atoms with Crippen molar-refractivity contribution in [3.05, 3.63) is 99.1 Å². The third-order valence-corrected chi connectivity index (χ3v) is 16.2. The number of anilines is 1. The van der Waals surface area contributed by atoms with Crippen molar-refractivity contribution in [1.82, 2.24) is 30.3 Å². The van der Waals surface area contributed by atoms with Crippen molar-refractivity contribution >= 4 is 52.3 Å². The maximum atomic E-state index is 14.2. The summed E-state index contributed by atoms with van der Waals surface area (Å²) in [7, 11) is 0. The molecule has 3 fully saturated rings. The number of hydrogen-bond acceptors (Lipinski definition) is 12. The molecule has 0 bridgehead atoms. The fourth-order valence-corrected chi connectivity index (χ4v) is 12.6. The van der Waals surface area contributed by atoms with E-state index in [0.717, 1.165) is 64.7 Å². The Morgan fingerprint density at radius 3 is 2.34 bits per heavy atom. The molecular formula is C54H67ClN8O7S. The maximum absolute atomic E-state index is 14.2. The molecule has 0 radical (unpaired) electrons. The number of thiazole rings is 1. The van der Waals surface area contributed by atoms with Gasteiger partial charge in [0.1, 0.15) is 36.6 Å². The van der Waals surface area contributed by atoms with Gasteiger partial charge in [-0.1, -0.05) is 84.3 Å².